The molecular formula is C11H18N2O2. The van der Waals surface area contributed by atoms with E-state index in [1.54, 1.807) is 6.26 Å². The fourth-order valence-corrected chi connectivity index (χ4v) is 1.30. The summed E-state index contributed by atoms with van der Waals surface area (Å²) in [6, 6.07) is 3.61. The second kappa shape index (κ2) is 6.24. The molecule has 0 unspecified atom stereocenters. The molecule has 0 aliphatic heterocycles. The van der Waals surface area contributed by atoms with Crippen molar-refractivity contribution in [1.82, 2.24) is 10.6 Å². The predicted molar refractivity (Wildman–Crippen MR) is 58.4 cm³/mol. The lowest BCUT2D eigenvalue weighted by Gasteiger charge is -2.11. The molecule has 1 aromatic heterocycles. The molecule has 2 N–H and O–H groups in total. The molecule has 0 aliphatic rings. The van der Waals surface area contributed by atoms with Gasteiger partial charge in [0.25, 0.3) is 0 Å². The second-order valence-corrected chi connectivity index (χ2v) is 3.41. The van der Waals surface area contributed by atoms with E-state index in [0.29, 0.717) is 13.0 Å². The van der Waals surface area contributed by atoms with Crippen LogP contribution < -0.4 is 10.6 Å². The first-order valence-corrected chi connectivity index (χ1v) is 5.27. The predicted octanol–water partition coefficient (Wildman–Crippen LogP) is 1.46. The van der Waals surface area contributed by atoms with Gasteiger partial charge >= 0.3 is 0 Å². The molecule has 1 atom stereocenters. The normalized spacial score (nSPS) is 12.4. The molecule has 0 saturated heterocycles. The minimum Gasteiger partial charge on any atom is -0.467 e. The maximum atomic E-state index is 11.4. The fourth-order valence-electron chi connectivity index (χ4n) is 1.30. The number of hydrogen-bond donors (Lipinski definition) is 2. The Morgan fingerprint density at radius 2 is 2.40 bits per heavy atom. The summed E-state index contributed by atoms with van der Waals surface area (Å²) in [6.45, 7) is 5.53. The van der Waals surface area contributed by atoms with Gasteiger partial charge in [0.1, 0.15) is 5.76 Å². The van der Waals surface area contributed by atoms with E-state index in [-0.39, 0.29) is 11.9 Å². The average molecular weight is 210 g/mol. The number of carbonyl (C=O) groups excluding carboxylic acids is 1. The van der Waals surface area contributed by atoms with Gasteiger partial charge in [0.15, 0.2) is 0 Å². The van der Waals surface area contributed by atoms with E-state index < -0.39 is 0 Å². The molecule has 0 spiro atoms. The summed E-state index contributed by atoms with van der Waals surface area (Å²) < 4.78 is 5.19. The topological polar surface area (TPSA) is 54.3 Å². The van der Waals surface area contributed by atoms with Crippen LogP contribution in [-0.4, -0.2) is 19.0 Å². The Bertz CT molecular complexity index is 283. The van der Waals surface area contributed by atoms with Gasteiger partial charge in [0.05, 0.1) is 12.3 Å². The highest BCUT2D eigenvalue weighted by atomic mass is 16.3. The summed E-state index contributed by atoms with van der Waals surface area (Å²) in [4.78, 5) is 11.4. The minimum absolute atomic E-state index is 0.0415. The van der Waals surface area contributed by atoms with E-state index in [1.807, 2.05) is 26.0 Å². The third-order valence-corrected chi connectivity index (χ3v) is 2.13. The molecule has 1 amide bonds. The number of carbonyl (C=O) groups is 1. The molecule has 0 radical (unpaired) electrons. The molecule has 4 heteroatoms. The van der Waals surface area contributed by atoms with E-state index in [1.165, 1.54) is 0 Å². The Morgan fingerprint density at radius 1 is 1.60 bits per heavy atom. The Hall–Kier alpha value is -1.29. The van der Waals surface area contributed by atoms with Crippen molar-refractivity contribution in [2.24, 2.45) is 0 Å². The van der Waals surface area contributed by atoms with Crippen molar-refractivity contribution in [2.75, 3.05) is 13.1 Å². The zero-order valence-corrected chi connectivity index (χ0v) is 9.25. The Kier molecular flexibility index (Phi) is 4.90. The molecule has 0 fully saturated rings. The average Bonchev–Trinajstić information content (AvgIpc) is 2.70. The van der Waals surface area contributed by atoms with Crippen molar-refractivity contribution in [3.8, 4) is 0 Å². The van der Waals surface area contributed by atoms with Crippen LogP contribution in [0.15, 0.2) is 22.8 Å². The Balaban J connectivity index is 2.26. The fraction of sp³-hybridized carbons (Fsp3) is 0.545. The molecule has 0 aromatic carbocycles. The van der Waals surface area contributed by atoms with Gasteiger partial charge in [-0.3, -0.25) is 4.79 Å². The third kappa shape index (κ3) is 4.16. The van der Waals surface area contributed by atoms with Crippen molar-refractivity contribution in [3.63, 3.8) is 0 Å². The number of hydrogen-bond acceptors (Lipinski definition) is 3. The smallest absolute Gasteiger partial charge is 0.221 e. The van der Waals surface area contributed by atoms with Crippen molar-refractivity contribution in [1.29, 1.82) is 0 Å². The molecule has 0 saturated carbocycles. The van der Waals surface area contributed by atoms with Crippen molar-refractivity contribution in [2.45, 2.75) is 26.3 Å². The zero-order chi connectivity index (χ0) is 11.1. The molecular weight excluding hydrogens is 192 g/mol. The largest absolute Gasteiger partial charge is 0.467 e. The van der Waals surface area contributed by atoms with Gasteiger partial charge in [-0.05, 0) is 25.6 Å². The van der Waals surface area contributed by atoms with Crippen LogP contribution in [0.3, 0.4) is 0 Å². The summed E-state index contributed by atoms with van der Waals surface area (Å²) in [6.07, 6.45) is 2.11. The van der Waals surface area contributed by atoms with E-state index in [4.69, 9.17) is 4.42 Å². The molecule has 0 bridgehead atoms. The van der Waals surface area contributed by atoms with Crippen LogP contribution in [0.25, 0.3) is 0 Å². The maximum absolute atomic E-state index is 11.4. The monoisotopic (exact) mass is 210 g/mol. The van der Waals surface area contributed by atoms with Gasteiger partial charge in [-0.25, -0.2) is 0 Å². The van der Waals surface area contributed by atoms with E-state index in [2.05, 4.69) is 10.6 Å². The first kappa shape index (κ1) is 11.8. The molecule has 4 nitrogen and oxygen atoms in total. The maximum Gasteiger partial charge on any atom is 0.221 e. The van der Waals surface area contributed by atoms with Crippen molar-refractivity contribution < 1.29 is 9.21 Å². The zero-order valence-electron chi connectivity index (χ0n) is 9.25. The summed E-state index contributed by atoms with van der Waals surface area (Å²) in [7, 11) is 0. The quantitative estimate of drug-likeness (QED) is 0.699. The lowest BCUT2D eigenvalue weighted by molar-refractivity contribution is -0.121. The van der Waals surface area contributed by atoms with Crippen LogP contribution in [0.5, 0.6) is 0 Å². The standard InChI is InChI=1S/C11H18N2O2/c1-3-12-7-6-11(14)13-9(2)10-5-4-8-15-10/h4-5,8-9,12H,3,6-7H2,1-2H3,(H,13,14)/t9-/m1/s1. The number of nitrogens with one attached hydrogen (secondary N) is 2. The van der Waals surface area contributed by atoms with Crippen LogP contribution in [0.4, 0.5) is 0 Å². The van der Waals surface area contributed by atoms with Gasteiger partial charge in [-0.2, -0.15) is 0 Å². The van der Waals surface area contributed by atoms with Gasteiger partial charge < -0.3 is 15.1 Å². The van der Waals surface area contributed by atoms with Gasteiger partial charge in [-0.15, -0.1) is 0 Å². The van der Waals surface area contributed by atoms with Gasteiger partial charge in [0.2, 0.25) is 5.91 Å². The Morgan fingerprint density at radius 3 is 3.00 bits per heavy atom. The first-order chi connectivity index (χ1) is 7.24. The summed E-state index contributed by atoms with van der Waals surface area (Å²) in [5.41, 5.74) is 0. The van der Waals surface area contributed by atoms with E-state index in [0.717, 1.165) is 12.3 Å². The molecule has 0 aliphatic carbocycles. The summed E-state index contributed by atoms with van der Waals surface area (Å²) >= 11 is 0. The summed E-state index contributed by atoms with van der Waals surface area (Å²) in [5, 5.41) is 5.97. The number of furan rings is 1. The van der Waals surface area contributed by atoms with Crippen LogP contribution in [0, 0.1) is 0 Å². The molecule has 15 heavy (non-hydrogen) atoms. The van der Waals surface area contributed by atoms with Gasteiger partial charge in [0, 0.05) is 13.0 Å². The van der Waals surface area contributed by atoms with Crippen LogP contribution in [0.2, 0.25) is 0 Å². The molecule has 1 aromatic rings. The highest BCUT2D eigenvalue weighted by Gasteiger charge is 2.10. The molecule has 84 valence electrons. The number of rotatable bonds is 6. The van der Waals surface area contributed by atoms with Crippen molar-refractivity contribution in [3.05, 3.63) is 24.2 Å². The lowest BCUT2D eigenvalue weighted by atomic mass is 10.2. The SMILES string of the molecule is CCNCCC(=O)N[C@H](C)c1ccco1. The van der Waals surface area contributed by atoms with Crippen molar-refractivity contribution >= 4 is 5.91 Å². The second-order valence-electron chi connectivity index (χ2n) is 3.41. The molecule has 1 heterocycles. The highest BCUT2D eigenvalue weighted by Crippen LogP contribution is 2.11. The van der Waals surface area contributed by atoms with Crippen LogP contribution >= 0.6 is 0 Å². The lowest BCUT2D eigenvalue weighted by Crippen LogP contribution is -2.29. The third-order valence-electron chi connectivity index (χ3n) is 2.13. The van der Waals surface area contributed by atoms with Crippen LogP contribution in [-0.2, 0) is 4.79 Å². The van der Waals surface area contributed by atoms with E-state index >= 15 is 0 Å². The minimum atomic E-state index is -0.0610. The first-order valence-electron chi connectivity index (χ1n) is 5.27. The summed E-state index contributed by atoms with van der Waals surface area (Å²) in [5.74, 6) is 0.826. The van der Waals surface area contributed by atoms with Crippen LogP contribution in [0.1, 0.15) is 32.1 Å². The Labute approximate surface area is 90.0 Å². The highest BCUT2D eigenvalue weighted by molar-refractivity contribution is 5.76. The van der Waals surface area contributed by atoms with Gasteiger partial charge in [-0.1, -0.05) is 6.92 Å². The number of amides is 1. The van der Waals surface area contributed by atoms with E-state index in [9.17, 15) is 4.79 Å². The molecule has 1 rings (SSSR count).